The number of aliphatic hydroxyl groups excluding tert-OH is 1. The van der Waals surface area contributed by atoms with Crippen molar-refractivity contribution in [2.75, 3.05) is 6.54 Å². The first-order chi connectivity index (χ1) is 15.2. The minimum absolute atomic E-state index is 0.359. The fraction of sp³-hybridized carbons (Fsp3) is 0.385. The number of halogens is 1. The molecule has 1 aliphatic rings. The minimum atomic E-state index is -0.859. The van der Waals surface area contributed by atoms with Gasteiger partial charge in [-0.05, 0) is 69.9 Å². The van der Waals surface area contributed by atoms with E-state index >= 15 is 0 Å². The van der Waals surface area contributed by atoms with E-state index in [1.807, 2.05) is 75.4 Å². The summed E-state index contributed by atoms with van der Waals surface area (Å²) in [5.74, 6) is 0. The number of carbonyl (C=O) groups is 1. The van der Waals surface area contributed by atoms with Gasteiger partial charge in [-0.3, -0.25) is 0 Å². The summed E-state index contributed by atoms with van der Waals surface area (Å²) in [7, 11) is 0. The smallest absolute Gasteiger partial charge is 0.410 e. The second kappa shape index (κ2) is 9.08. The molecule has 1 fully saturated rings. The highest BCUT2D eigenvalue weighted by molar-refractivity contribution is 6.30. The third-order valence-corrected chi connectivity index (χ3v) is 6.00. The largest absolute Gasteiger partial charge is 0.444 e. The summed E-state index contributed by atoms with van der Waals surface area (Å²) in [4.78, 5) is 19.4. The lowest BCUT2D eigenvalue weighted by atomic mass is 9.90. The highest BCUT2D eigenvalue weighted by Crippen LogP contribution is 2.35. The van der Waals surface area contributed by atoms with Gasteiger partial charge in [-0.25, -0.2) is 9.78 Å². The zero-order valence-corrected chi connectivity index (χ0v) is 19.5. The first-order valence-electron chi connectivity index (χ1n) is 11.1. The Kier molecular flexibility index (Phi) is 6.40. The quantitative estimate of drug-likeness (QED) is 0.501. The van der Waals surface area contributed by atoms with Gasteiger partial charge in [-0.15, -0.1) is 0 Å². The molecule has 1 aliphatic heterocycles. The Hall–Kier alpha value is -2.63. The number of ether oxygens (including phenoxy) is 1. The van der Waals surface area contributed by atoms with Crippen LogP contribution < -0.4 is 0 Å². The molecule has 2 heterocycles. The number of likely N-dealkylation sites (tertiary alicyclic amines) is 1. The molecular formula is C26H29ClN2O3. The summed E-state index contributed by atoms with van der Waals surface area (Å²) >= 11 is 6.06. The van der Waals surface area contributed by atoms with Gasteiger partial charge in [0.05, 0.1) is 17.3 Å². The molecule has 1 amide bonds. The molecule has 1 N–H and O–H groups in total. The van der Waals surface area contributed by atoms with Crippen LogP contribution in [0.1, 0.15) is 51.7 Å². The van der Waals surface area contributed by atoms with Crippen molar-refractivity contribution in [2.24, 2.45) is 0 Å². The number of pyridine rings is 1. The van der Waals surface area contributed by atoms with Crippen LogP contribution >= 0.6 is 11.6 Å². The molecule has 32 heavy (non-hydrogen) atoms. The molecule has 0 spiro atoms. The van der Waals surface area contributed by atoms with Crippen molar-refractivity contribution in [3.8, 4) is 11.3 Å². The molecule has 0 saturated carbocycles. The molecule has 168 valence electrons. The van der Waals surface area contributed by atoms with E-state index in [4.69, 9.17) is 21.3 Å². The molecule has 6 heteroatoms. The van der Waals surface area contributed by atoms with Crippen LogP contribution in [0.25, 0.3) is 22.2 Å². The predicted octanol–water partition coefficient (Wildman–Crippen LogP) is 6.38. The van der Waals surface area contributed by atoms with Gasteiger partial charge in [-0.2, -0.15) is 0 Å². The molecule has 0 radical (unpaired) electrons. The highest BCUT2D eigenvalue weighted by Gasteiger charge is 2.36. The molecule has 2 aromatic carbocycles. The minimum Gasteiger partial charge on any atom is -0.444 e. The van der Waals surface area contributed by atoms with E-state index in [1.54, 1.807) is 4.90 Å². The van der Waals surface area contributed by atoms with Crippen LogP contribution in [0.15, 0.2) is 54.6 Å². The number of para-hydroxylation sites is 1. The van der Waals surface area contributed by atoms with E-state index in [2.05, 4.69) is 0 Å². The molecule has 4 rings (SSSR count). The summed E-state index contributed by atoms with van der Waals surface area (Å²) in [5.41, 5.74) is 2.65. The summed E-state index contributed by atoms with van der Waals surface area (Å²) in [6.07, 6.45) is 1.33. The van der Waals surface area contributed by atoms with E-state index in [9.17, 15) is 9.90 Å². The van der Waals surface area contributed by atoms with Crippen molar-refractivity contribution >= 4 is 28.6 Å². The number of fused-ring (bicyclic) bond motifs is 1. The Bertz CT molecular complexity index is 1110. The summed E-state index contributed by atoms with van der Waals surface area (Å²) in [5, 5.41) is 13.1. The van der Waals surface area contributed by atoms with Crippen LogP contribution in [0.4, 0.5) is 4.79 Å². The molecule has 0 bridgehead atoms. The van der Waals surface area contributed by atoms with Crippen molar-refractivity contribution < 1.29 is 14.6 Å². The normalized spacial score (nSPS) is 17.9. The fourth-order valence-electron chi connectivity index (χ4n) is 4.26. The topological polar surface area (TPSA) is 62.7 Å². The SMILES string of the molecule is CC(C)(C)OC(=O)N1CCCC[C@@H]1[C@H](O)c1cc(-c2ccc(Cl)cc2)nc2ccccc12. The van der Waals surface area contributed by atoms with Gasteiger partial charge < -0.3 is 14.7 Å². The number of benzene rings is 2. The number of hydrogen-bond donors (Lipinski definition) is 1. The Balaban J connectivity index is 1.75. The van der Waals surface area contributed by atoms with Gasteiger partial charge in [0.25, 0.3) is 0 Å². The lowest BCUT2D eigenvalue weighted by molar-refractivity contribution is -0.0166. The Morgan fingerprint density at radius 1 is 1.16 bits per heavy atom. The average Bonchev–Trinajstić information content (AvgIpc) is 2.77. The van der Waals surface area contributed by atoms with Crippen LogP contribution in [-0.2, 0) is 4.74 Å². The number of amides is 1. The molecule has 1 saturated heterocycles. The number of nitrogens with zero attached hydrogens (tertiary/aromatic N) is 2. The number of rotatable bonds is 3. The predicted molar refractivity (Wildman–Crippen MR) is 128 cm³/mol. The maximum atomic E-state index is 12.9. The third kappa shape index (κ3) is 4.89. The lowest BCUT2D eigenvalue weighted by Gasteiger charge is -2.39. The Morgan fingerprint density at radius 2 is 1.88 bits per heavy atom. The van der Waals surface area contributed by atoms with Gasteiger partial charge in [0.1, 0.15) is 11.7 Å². The van der Waals surface area contributed by atoms with Crippen molar-refractivity contribution in [3.05, 3.63) is 65.2 Å². The number of carbonyl (C=O) groups excluding carboxylic acids is 1. The summed E-state index contributed by atoms with van der Waals surface area (Å²) < 4.78 is 5.64. The second-order valence-corrected chi connectivity index (χ2v) is 9.74. The van der Waals surface area contributed by atoms with Crippen LogP contribution in [0.5, 0.6) is 0 Å². The molecular weight excluding hydrogens is 424 g/mol. The fourth-order valence-corrected chi connectivity index (χ4v) is 4.38. The second-order valence-electron chi connectivity index (χ2n) is 9.30. The monoisotopic (exact) mass is 452 g/mol. The van der Waals surface area contributed by atoms with E-state index in [0.717, 1.165) is 40.6 Å². The third-order valence-electron chi connectivity index (χ3n) is 5.75. The number of hydrogen-bond acceptors (Lipinski definition) is 4. The van der Waals surface area contributed by atoms with E-state index < -0.39 is 11.7 Å². The average molecular weight is 453 g/mol. The lowest BCUT2D eigenvalue weighted by Crippen LogP contribution is -2.48. The Morgan fingerprint density at radius 3 is 2.59 bits per heavy atom. The van der Waals surface area contributed by atoms with Crippen molar-refractivity contribution in [1.29, 1.82) is 0 Å². The van der Waals surface area contributed by atoms with Crippen LogP contribution in [-0.4, -0.2) is 39.3 Å². The van der Waals surface area contributed by atoms with Crippen molar-refractivity contribution in [1.82, 2.24) is 9.88 Å². The maximum Gasteiger partial charge on any atom is 0.410 e. The van der Waals surface area contributed by atoms with E-state index in [-0.39, 0.29) is 12.1 Å². The highest BCUT2D eigenvalue weighted by atomic mass is 35.5. The first kappa shape index (κ1) is 22.6. The van der Waals surface area contributed by atoms with Gasteiger partial charge in [0.15, 0.2) is 0 Å². The molecule has 0 unspecified atom stereocenters. The first-order valence-corrected chi connectivity index (χ1v) is 11.4. The van der Waals surface area contributed by atoms with Crippen molar-refractivity contribution in [3.63, 3.8) is 0 Å². The summed E-state index contributed by atoms with van der Waals surface area (Å²) in [6, 6.07) is 16.8. The van der Waals surface area contributed by atoms with Crippen LogP contribution in [0, 0.1) is 0 Å². The zero-order chi connectivity index (χ0) is 22.9. The zero-order valence-electron chi connectivity index (χ0n) is 18.7. The summed E-state index contributed by atoms with van der Waals surface area (Å²) in [6.45, 7) is 6.14. The maximum absolute atomic E-state index is 12.9. The van der Waals surface area contributed by atoms with Crippen LogP contribution in [0.3, 0.4) is 0 Å². The Labute approximate surface area is 194 Å². The van der Waals surface area contributed by atoms with Crippen LogP contribution in [0.2, 0.25) is 5.02 Å². The molecule has 2 atom stereocenters. The number of piperidine rings is 1. The molecule has 5 nitrogen and oxygen atoms in total. The van der Waals surface area contributed by atoms with Gasteiger partial charge in [-0.1, -0.05) is 41.9 Å². The van der Waals surface area contributed by atoms with Crippen molar-refractivity contribution in [2.45, 2.75) is 57.8 Å². The van der Waals surface area contributed by atoms with E-state index in [1.165, 1.54) is 0 Å². The standard InChI is InChI=1S/C26H29ClN2O3/c1-26(2,3)32-25(31)29-15-7-6-10-23(29)24(30)20-16-22(17-11-13-18(27)14-12-17)28-21-9-5-4-8-19(20)21/h4-5,8-9,11-14,16,23-24,30H,6-7,10,15H2,1-3H3/t23-,24-/m1/s1. The van der Waals surface area contributed by atoms with Gasteiger partial charge in [0, 0.05) is 22.5 Å². The molecule has 0 aliphatic carbocycles. The number of aromatic nitrogens is 1. The molecule has 1 aromatic heterocycles. The van der Waals surface area contributed by atoms with Gasteiger partial charge >= 0.3 is 6.09 Å². The number of aliphatic hydroxyl groups is 1. The van der Waals surface area contributed by atoms with E-state index in [0.29, 0.717) is 18.0 Å². The van der Waals surface area contributed by atoms with Gasteiger partial charge in [0.2, 0.25) is 0 Å². The molecule has 3 aromatic rings.